The Kier molecular flexibility index (Phi) is 4.24. The van der Waals surface area contributed by atoms with Gasteiger partial charge in [-0.3, -0.25) is 0 Å². The van der Waals surface area contributed by atoms with Gasteiger partial charge in [-0.15, -0.1) is 0 Å². The summed E-state index contributed by atoms with van der Waals surface area (Å²) in [7, 11) is 0. The maximum absolute atomic E-state index is 9.08. The van der Waals surface area contributed by atoms with Gasteiger partial charge in [0.25, 0.3) is 0 Å². The molecule has 0 N–H and O–H groups in total. The number of benzene rings is 5. The van der Waals surface area contributed by atoms with Gasteiger partial charge >= 0.3 is 0 Å². The lowest BCUT2D eigenvalue weighted by Crippen LogP contribution is -1.79. The standard InChI is InChI=1S/C32H16N2O2/c1-34-24-10-6-21(7-11-24)23-9-13-30-26(15-23)28-17-31-27(16-32(28)36-30)25-14-22(8-12-29(25)35-31)20-4-2-19(18-33)3-5-20/h2-17H. The van der Waals surface area contributed by atoms with Crippen LogP contribution in [0.25, 0.3) is 71.0 Å². The van der Waals surface area contributed by atoms with Crippen molar-refractivity contribution >= 4 is 49.6 Å². The Hall–Kier alpha value is -5.32. The highest BCUT2D eigenvalue weighted by Gasteiger charge is 2.15. The maximum atomic E-state index is 9.08. The average molecular weight is 460 g/mol. The first kappa shape index (κ1) is 20.1. The van der Waals surface area contributed by atoms with Gasteiger partial charge in [0.2, 0.25) is 0 Å². The van der Waals surface area contributed by atoms with Crippen LogP contribution in [-0.4, -0.2) is 0 Å². The lowest BCUT2D eigenvalue weighted by molar-refractivity contribution is 0.664. The molecule has 7 aromatic rings. The summed E-state index contributed by atoms with van der Waals surface area (Å²) in [6, 6.07) is 33.8. The first-order valence-electron chi connectivity index (χ1n) is 11.5. The van der Waals surface area contributed by atoms with E-state index in [0.29, 0.717) is 11.3 Å². The van der Waals surface area contributed by atoms with Gasteiger partial charge in [-0.1, -0.05) is 48.5 Å². The van der Waals surface area contributed by atoms with Crippen LogP contribution >= 0.6 is 0 Å². The fraction of sp³-hybridized carbons (Fsp3) is 0. The van der Waals surface area contributed by atoms with Gasteiger partial charge in [0, 0.05) is 21.5 Å². The molecule has 2 heterocycles. The number of furan rings is 2. The molecule has 4 heteroatoms. The minimum Gasteiger partial charge on any atom is -0.456 e. The molecule has 0 unspecified atom stereocenters. The van der Waals surface area contributed by atoms with E-state index in [1.807, 2.05) is 72.8 Å². The SMILES string of the molecule is [C-]#[N+]c1ccc(-c2ccc3oc4cc5c(cc4c3c2)oc2ccc(-c3ccc(C#N)cc3)cc25)cc1. The van der Waals surface area contributed by atoms with Crippen LogP contribution in [0.15, 0.2) is 106 Å². The predicted molar refractivity (Wildman–Crippen MR) is 143 cm³/mol. The quantitative estimate of drug-likeness (QED) is 0.242. The third kappa shape index (κ3) is 3.06. The zero-order chi connectivity index (χ0) is 24.2. The molecule has 0 amide bonds. The van der Waals surface area contributed by atoms with E-state index in [1.165, 1.54) is 0 Å². The summed E-state index contributed by atoms with van der Waals surface area (Å²) in [5.74, 6) is 0. The van der Waals surface area contributed by atoms with Crippen LogP contribution in [0.4, 0.5) is 5.69 Å². The molecule has 0 radical (unpaired) electrons. The molecule has 36 heavy (non-hydrogen) atoms. The molecule has 0 atom stereocenters. The van der Waals surface area contributed by atoms with E-state index in [1.54, 1.807) is 0 Å². The van der Waals surface area contributed by atoms with Gasteiger partial charge in [-0.2, -0.15) is 5.26 Å². The molecule has 2 aromatic heterocycles. The summed E-state index contributed by atoms with van der Waals surface area (Å²) in [6.45, 7) is 7.17. The second-order valence-electron chi connectivity index (χ2n) is 8.82. The molecule has 5 aromatic carbocycles. The van der Waals surface area contributed by atoms with Crippen molar-refractivity contribution in [3.63, 3.8) is 0 Å². The fourth-order valence-corrected chi connectivity index (χ4v) is 4.87. The molecule has 0 saturated heterocycles. The molecule has 0 aliphatic carbocycles. The fourth-order valence-electron chi connectivity index (χ4n) is 4.87. The van der Waals surface area contributed by atoms with Crippen LogP contribution in [0.1, 0.15) is 5.56 Å². The summed E-state index contributed by atoms with van der Waals surface area (Å²) >= 11 is 0. The third-order valence-corrected chi connectivity index (χ3v) is 6.74. The lowest BCUT2D eigenvalue weighted by Gasteiger charge is -2.02. The van der Waals surface area contributed by atoms with Crippen LogP contribution in [0.2, 0.25) is 0 Å². The molecule has 0 bridgehead atoms. The van der Waals surface area contributed by atoms with Crippen molar-refractivity contribution in [1.82, 2.24) is 0 Å². The second kappa shape index (κ2) is 7.60. The molecule has 166 valence electrons. The van der Waals surface area contributed by atoms with Crippen molar-refractivity contribution in [3.8, 4) is 28.3 Å². The van der Waals surface area contributed by atoms with Crippen molar-refractivity contribution in [1.29, 1.82) is 5.26 Å². The molecule has 4 nitrogen and oxygen atoms in total. The molecule has 0 aliphatic heterocycles. The van der Waals surface area contributed by atoms with Gasteiger partial charge in [-0.05, 0) is 70.8 Å². The number of rotatable bonds is 2. The van der Waals surface area contributed by atoms with Crippen molar-refractivity contribution in [2.24, 2.45) is 0 Å². The van der Waals surface area contributed by atoms with Crippen LogP contribution < -0.4 is 0 Å². The summed E-state index contributed by atoms with van der Waals surface area (Å²) < 4.78 is 12.5. The van der Waals surface area contributed by atoms with Gasteiger partial charge in [-0.25, -0.2) is 4.85 Å². The van der Waals surface area contributed by atoms with Crippen LogP contribution in [0.5, 0.6) is 0 Å². The van der Waals surface area contributed by atoms with Crippen LogP contribution in [0.3, 0.4) is 0 Å². The molecular formula is C32H16N2O2. The van der Waals surface area contributed by atoms with Crippen molar-refractivity contribution < 1.29 is 8.83 Å². The maximum Gasteiger partial charge on any atom is 0.187 e. The monoisotopic (exact) mass is 460 g/mol. The van der Waals surface area contributed by atoms with E-state index in [0.717, 1.165) is 66.1 Å². The number of nitrogens with zero attached hydrogens (tertiary/aromatic N) is 2. The normalized spacial score (nSPS) is 11.3. The Morgan fingerprint density at radius 2 is 0.972 bits per heavy atom. The highest BCUT2D eigenvalue weighted by molar-refractivity contribution is 6.15. The Morgan fingerprint density at radius 3 is 1.44 bits per heavy atom. The summed E-state index contributed by atoms with van der Waals surface area (Å²) in [5, 5.41) is 13.1. The summed E-state index contributed by atoms with van der Waals surface area (Å²) in [6.07, 6.45) is 0. The predicted octanol–water partition coefficient (Wildman–Crippen LogP) is 9.24. The molecular weight excluding hydrogens is 444 g/mol. The van der Waals surface area contributed by atoms with E-state index in [4.69, 9.17) is 20.7 Å². The Balaban J connectivity index is 1.38. The molecule has 0 spiro atoms. The minimum atomic E-state index is 0.628. The van der Waals surface area contributed by atoms with Crippen LogP contribution in [-0.2, 0) is 0 Å². The zero-order valence-corrected chi connectivity index (χ0v) is 18.9. The topological polar surface area (TPSA) is 54.4 Å². The van der Waals surface area contributed by atoms with Gasteiger partial charge in [0.05, 0.1) is 18.2 Å². The number of fused-ring (bicyclic) bond motifs is 6. The smallest absolute Gasteiger partial charge is 0.187 e. The van der Waals surface area contributed by atoms with Gasteiger partial charge < -0.3 is 8.83 Å². The first-order chi connectivity index (χ1) is 17.7. The van der Waals surface area contributed by atoms with Gasteiger partial charge in [0.1, 0.15) is 22.3 Å². The zero-order valence-electron chi connectivity index (χ0n) is 18.9. The third-order valence-electron chi connectivity index (χ3n) is 6.74. The van der Waals surface area contributed by atoms with E-state index in [2.05, 4.69) is 35.2 Å². The Morgan fingerprint density at radius 1 is 0.528 bits per heavy atom. The van der Waals surface area contributed by atoms with Gasteiger partial charge in [0.15, 0.2) is 5.69 Å². The highest BCUT2D eigenvalue weighted by Crippen LogP contribution is 2.39. The average Bonchev–Trinajstić information content (AvgIpc) is 3.48. The van der Waals surface area contributed by atoms with Crippen molar-refractivity contribution in [2.45, 2.75) is 0 Å². The lowest BCUT2D eigenvalue weighted by atomic mass is 10.0. The Bertz CT molecular complexity index is 1890. The number of hydrogen-bond donors (Lipinski definition) is 0. The highest BCUT2D eigenvalue weighted by atomic mass is 16.3. The molecule has 7 rings (SSSR count). The van der Waals surface area contributed by atoms with E-state index < -0.39 is 0 Å². The van der Waals surface area contributed by atoms with Crippen molar-refractivity contribution in [2.75, 3.05) is 0 Å². The molecule has 0 aliphatic rings. The summed E-state index contributed by atoms with van der Waals surface area (Å²) in [5.41, 5.74) is 8.76. The molecule has 0 saturated carbocycles. The largest absolute Gasteiger partial charge is 0.456 e. The van der Waals surface area contributed by atoms with E-state index >= 15 is 0 Å². The number of nitriles is 1. The van der Waals surface area contributed by atoms with Crippen LogP contribution in [0, 0.1) is 17.9 Å². The first-order valence-corrected chi connectivity index (χ1v) is 11.5. The molecule has 0 fully saturated rings. The summed E-state index contributed by atoms with van der Waals surface area (Å²) in [4.78, 5) is 3.48. The van der Waals surface area contributed by atoms with E-state index in [-0.39, 0.29) is 0 Å². The number of hydrogen-bond acceptors (Lipinski definition) is 3. The van der Waals surface area contributed by atoms with Crippen molar-refractivity contribution in [3.05, 3.63) is 114 Å². The Labute approximate surface area is 206 Å². The minimum absolute atomic E-state index is 0.628. The second-order valence-corrected chi connectivity index (χ2v) is 8.82. The van der Waals surface area contributed by atoms with E-state index in [9.17, 15) is 0 Å².